The highest BCUT2D eigenvalue weighted by molar-refractivity contribution is 6.74. The van der Waals surface area contributed by atoms with Crippen LogP contribution in [-0.4, -0.2) is 32.7 Å². The first-order valence-corrected chi connectivity index (χ1v) is 9.01. The average Bonchev–Trinajstić information content (AvgIpc) is 2.59. The maximum absolute atomic E-state index is 11.2. The Morgan fingerprint density at radius 2 is 2.06 bits per heavy atom. The number of carbonyl (C=O) groups is 2. The largest absolute Gasteiger partial charge is 0.405 e. The molecule has 2 atom stereocenters. The number of rotatable bonds is 4. The van der Waals surface area contributed by atoms with E-state index < -0.39 is 14.4 Å². The molecule has 1 heterocycles. The maximum atomic E-state index is 11.2. The van der Waals surface area contributed by atoms with Crippen LogP contribution < -0.4 is 5.32 Å². The van der Waals surface area contributed by atoms with Gasteiger partial charge >= 0.3 is 0 Å². The van der Waals surface area contributed by atoms with E-state index >= 15 is 0 Å². The van der Waals surface area contributed by atoms with Crippen LogP contribution in [0.25, 0.3) is 0 Å². The third-order valence-electron chi connectivity index (χ3n) is 3.80. The second kappa shape index (κ2) is 4.90. The summed E-state index contributed by atoms with van der Waals surface area (Å²) >= 11 is 0. The molecule has 5 heteroatoms. The molecular weight excluding hydrogens is 234 g/mol. The number of amides is 1. The molecule has 4 nitrogen and oxygen atoms in total. The molecule has 0 spiro atoms. The summed E-state index contributed by atoms with van der Waals surface area (Å²) in [6.07, 6.45) is 1.52. The van der Waals surface area contributed by atoms with E-state index in [9.17, 15) is 9.59 Å². The lowest BCUT2D eigenvalue weighted by Crippen LogP contribution is -2.50. The Bertz CT molecular complexity index is 309. The fourth-order valence-corrected chi connectivity index (χ4v) is 2.86. The Morgan fingerprint density at radius 3 is 2.41 bits per heavy atom. The van der Waals surface area contributed by atoms with E-state index in [0.717, 1.165) is 6.29 Å². The molecule has 1 aliphatic heterocycles. The number of aldehydes is 1. The molecule has 1 aliphatic rings. The molecule has 0 bridgehead atoms. The summed E-state index contributed by atoms with van der Waals surface area (Å²) in [4.78, 5) is 22.3. The van der Waals surface area contributed by atoms with Crippen LogP contribution in [0.4, 0.5) is 0 Å². The van der Waals surface area contributed by atoms with Gasteiger partial charge in [0.1, 0.15) is 12.4 Å². The molecular formula is C12H23NO3Si. The van der Waals surface area contributed by atoms with Crippen molar-refractivity contribution >= 4 is 20.5 Å². The molecule has 0 aromatic rings. The average molecular weight is 257 g/mol. The zero-order chi connectivity index (χ0) is 13.3. The molecule has 0 aliphatic carbocycles. The Balaban J connectivity index is 2.70. The lowest BCUT2D eigenvalue weighted by Gasteiger charge is -2.39. The Kier molecular flexibility index (Phi) is 4.14. The summed E-state index contributed by atoms with van der Waals surface area (Å²) in [7, 11) is -1.96. The van der Waals surface area contributed by atoms with E-state index in [0.29, 0.717) is 12.8 Å². The second-order valence-electron chi connectivity index (χ2n) is 6.19. The topological polar surface area (TPSA) is 55.4 Å². The molecule has 0 aromatic carbocycles. The summed E-state index contributed by atoms with van der Waals surface area (Å²) in [6, 6.07) is -0.144. The van der Waals surface area contributed by atoms with Crippen molar-refractivity contribution in [2.45, 2.75) is 63.9 Å². The summed E-state index contributed by atoms with van der Waals surface area (Å²) in [5, 5.41) is 2.87. The van der Waals surface area contributed by atoms with Crippen molar-refractivity contribution in [1.82, 2.24) is 5.32 Å². The predicted molar refractivity (Wildman–Crippen MR) is 69.3 cm³/mol. The van der Waals surface area contributed by atoms with E-state index in [1.54, 1.807) is 0 Å². The van der Waals surface area contributed by atoms with Gasteiger partial charge in [0.25, 0.3) is 0 Å². The predicted octanol–water partition coefficient (Wildman–Crippen LogP) is 1.85. The van der Waals surface area contributed by atoms with Crippen molar-refractivity contribution in [2.75, 3.05) is 0 Å². The molecule has 0 radical (unpaired) electrons. The van der Waals surface area contributed by atoms with E-state index in [-0.39, 0.29) is 17.0 Å². The Morgan fingerprint density at radius 1 is 1.47 bits per heavy atom. The minimum absolute atomic E-state index is 0.0145. The van der Waals surface area contributed by atoms with Crippen molar-refractivity contribution < 1.29 is 14.0 Å². The highest BCUT2D eigenvalue weighted by atomic mass is 28.4. The van der Waals surface area contributed by atoms with Gasteiger partial charge in [0.05, 0.1) is 6.04 Å². The monoisotopic (exact) mass is 257 g/mol. The lowest BCUT2D eigenvalue weighted by molar-refractivity contribution is -0.120. The smallest absolute Gasteiger partial charge is 0.220 e. The zero-order valence-electron chi connectivity index (χ0n) is 11.4. The first-order valence-electron chi connectivity index (χ1n) is 6.10. The normalized spacial score (nSPS) is 23.4. The Hall–Kier alpha value is -0.683. The third kappa shape index (κ3) is 3.39. The standard InChI is InChI=1S/C12H23NO3Si/c1-12(2,3)17(4,5)16-10(8-14)9-6-7-11(15)13-9/h8-10H,6-7H2,1-5H3,(H,13,15)/t9-,10-/m0/s1. The summed E-state index contributed by atoms with van der Waals surface area (Å²) in [5.74, 6) is 0.0145. The van der Waals surface area contributed by atoms with Gasteiger partial charge in [0, 0.05) is 6.42 Å². The van der Waals surface area contributed by atoms with Gasteiger partial charge in [-0.2, -0.15) is 0 Å². The van der Waals surface area contributed by atoms with Gasteiger partial charge in [-0.15, -0.1) is 0 Å². The quantitative estimate of drug-likeness (QED) is 0.618. The van der Waals surface area contributed by atoms with Crippen molar-refractivity contribution in [3.05, 3.63) is 0 Å². The van der Waals surface area contributed by atoms with Crippen molar-refractivity contribution in [3.8, 4) is 0 Å². The molecule has 1 rings (SSSR count). The summed E-state index contributed by atoms with van der Waals surface area (Å²) in [6.45, 7) is 10.6. The fraction of sp³-hybridized carbons (Fsp3) is 0.833. The van der Waals surface area contributed by atoms with E-state index in [4.69, 9.17) is 4.43 Å². The van der Waals surface area contributed by atoms with Gasteiger partial charge in [-0.25, -0.2) is 0 Å². The molecule has 1 amide bonds. The molecule has 0 aromatic heterocycles. The van der Waals surface area contributed by atoms with E-state index in [1.807, 2.05) is 0 Å². The van der Waals surface area contributed by atoms with Crippen LogP contribution in [-0.2, 0) is 14.0 Å². The third-order valence-corrected chi connectivity index (χ3v) is 8.27. The molecule has 0 unspecified atom stereocenters. The van der Waals surface area contributed by atoms with Gasteiger partial charge < -0.3 is 14.5 Å². The zero-order valence-corrected chi connectivity index (χ0v) is 12.4. The minimum atomic E-state index is -1.96. The molecule has 17 heavy (non-hydrogen) atoms. The SMILES string of the molecule is CC(C)(C)[Si](C)(C)O[C@@H](C=O)[C@@H]1CCC(=O)N1. The van der Waals surface area contributed by atoms with Crippen LogP contribution >= 0.6 is 0 Å². The summed E-state index contributed by atoms with van der Waals surface area (Å²) in [5.41, 5.74) is 0. The number of hydrogen-bond donors (Lipinski definition) is 1. The number of nitrogens with one attached hydrogen (secondary N) is 1. The van der Waals surface area contributed by atoms with Crippen LogP contribution in [0.1, 0.15) is 33.6 Å². The molecule has 98 valence electrons. The lowest BCUT2D eigenvalue weighted by atomic mass is 10.1. The van der Waals surface area contributed by atoms with Gasteiger partial charge in [0.2, 0.25) is 5.91 Å². The van der Waals surface area contributed by atoms with Crippen LogP contribution in [0.15, 0.2) is 0 Å². The van der Waals surface area contributed by atoms with Crippen LogP contribution in [0.2, 0.25) is 18.1 Å². The van der Waals surface area contributed by atoms with Crippen LogP contribution in [0.3, 0.4) is 0 Å². The van der Waals surface area contributed by atoms with Crippen LogP contribution in [0, 0.1) is 0 Å². The summed E-state index contributed by atoms with van der Waals surface area (Å²) < 4.78 is 6.04. The van der Waals surface area contributed by atoms with Gasteiger partial charge in [-0.05, 0) is 24.6 Å². The van der Waals surface area contributed by atoms with E-state index in [1.165, 1.54) is 0 Å². The molecule has 1 saturated heterocycles. The van der Waals surface area contributed by atoms with Crippen molar-refractivity contribution in [3.63, 3.8) is 0 Å². The maximum Gasteiger partial charge on any atom is 0.220 e. The van der Waals surface area contributed by atoms with Gasteiger partial charge in [-0.1, -0.05) is 20.8 Å². The highest BCUT2D eigenvalue weighted by Crippen LogP contribution is 2.37. The Labute approximate surface area is 104 Å². The molecule has 1 fully saturated rings. The number of carbonyl (C=O) groups excluding carboxylic acids is 2. The highest BCUT2D eigenvalue weighted by Gasteiger charge is 2.41. The van der Waals surface area contributed by atoms with Crippen molar-refractivity contribution in [2.24, 2.45) is 0 Å². The van der Waals surface area contributed by atoms with Crippen LogP contribution in [0.5, 0.6) is 0 Å². The van der Waals surface area contributed by atoms with E-state index in [2.05, 4.69) is 39.2 Å². The number of hydrogen-bond acceptors (Lipinski definition) is 3. The molecule has 1 N–H and O–H groups in total. The fourth-order valence-electron chi connectivity index (χ4n) is 1.61. The van der Waals surface area contributed by atoms with Gasteiger partial charge in [0.15, 0.2) is 8.32 Å². The first kappa shape index (κ1) is 14.4. The van der Waals surface area contributed by atoms with Gasteiger partial charge in [-0.3, -0.25) is 4.79 Å². The minimum Gasteiger partial charge on any atom is -0.405 e. The molecule has 0 saturated carbocycles. The second-order valence-corrected chi connectivity index (χ2v) is 10.9. The van der Waals surface area contributed by atoms with Crippen molar-refractivity contribution in [1.29, 1.82) is 0 Å². The first-order chi connectivity index (χ1) is 7.67.